The number of halogens is 1. The number of fused-ring (bicyclic) bond motifs is 2. The van der Waals surface area contributed by atoms with Crippen LogP contribution in [-0.4, -0.2) is 36.1 Å². The van der Waals surface area contributed by atoms with Crippen molar-refractivity contribution in [2.24, 2.45) is 11.1 Å². The molecule has 2 aliphatic heterocycles. The van der Waals surface area contributed by atoms with E-state index in [1.165, 1.54) is 12.1 Å². The summed E-state index contributed by atoms with van der Waals surface area (Å²) in [5.41, 5.74) is 2.06. The minimum Gasteiger partial charge on any atom is -0.399 e. The van der Waals surface area contributed by atoms with Gasteiger partial charge >= 0.3 is 0 Å². The van der Waals surface area contributed by atoms with Gasteiger partial charge in [0.05, 0.1) is 11.8 Å². The number of aliphatic hydroxyl groups is 1. The summed E-state index contributed by atoms with van der Waals surface area (Å²) in [4.78, 5) is 5.01. The Hall–Kier alpha value is -1.46. The van der Waals surface area contributed by atoms with Crippen molar-refractivity contribution in [3.05, 3.63) is 35.6 Å². The monoisotopic (exact) mass is 306 g/mol. The second kappa shape index (κ2) is 6.34. The first kappa shape index (κ1) is 15.4. The average Bonchev–Trinajstić information content (AvgIpc) is 2.81. The molecule has 0 spiro atoms. The van der Waals surface area contributed by atoms with Gasteiger partial charge in [-0.1, -0.05) is 24.2 Å². The Kier molecular flexibility index (Phi) is 4.45. The Morgan fingerprint density at radius 1 is 1.36 bits per heavy atom. The highest BCUT2D eigenvalue weighted by Crippen LogP contribution is 2.43. The van der Waals surface area contributed by atoms with E-state index in [4.69, 9.17) is 4.84 Å². The highest BCUT2D eigenvalue weighted by molar-refractivity contribution is 5.88. The Labute approximate surface area is 130 Å². The van der Waals surface area contributed by atoms with Crippen LogP contribution in [0.25, 0.3) is 0 Å². The zero-order valence-electron chi connectivity index (χ0n) is 13.0. The lowest BCUT2D eigenvalue weighted by atomic mass is 9.73. The van der Waals surface area contributed by atoms with Crippen LogP contribution in [0.1, 0.15) is 37.7 Å². The van der Waals surface area contributed by atoms with Crippen LogP contribution in [0.2, 0.25) is 0 Å². The van der Waals surface area contributed by atoms with Gasteiger partial charge in [-0.2, -0.15) is 0 Å². The molecule has 4 nitrogen and oxygen atoms in total. The molecule has 120 valence electrons. The van der Waals surface area contributed by atoms with E-state index < -0.39 is 0 Å². The molecule has 0 radical (unpaired) electrons. The molecule has 0 aliphatic carbocycles. The third-order valence-electron chi connectivity index (χ3n) is 4.98. The van der Waals surface area contributed by atoms with Gasteiger partial charge < -0.3 is 15.3 Å². The molecule has 0 amide bonds. The van der Waals surface area contributed by atoms with Crippen LogP contribution in [0.4, 0.5) is 4.39 Å². The lowest BCUT2D eigenvalue weighted by Gasteiger charge is -2.38. The van der Waals surface area contributed by atoms with E-state index in [1.54, 1.807) is 7.11 Å². The number of oxime groups is 1. The van der Waals surface area contributed by atoms with Crippen LogP contribution in [0.5, 0.6) is 0 Å². The molecule has 2 bridgehead atoms. The SMILES string of the molecule is CCC(=NOC)[C@H]1[C@@H](c2ccc(F)cc2)CC2CC(O)[C@@H]1N2. The van der Waals surface area contributed by atoms with Crippen LogP contribution in [0.3, 0.4) is 0 Å². The number of aliphatic hydroxyl groups excluding tert-OH is 1. The summed E-state index contributed by atoms with van der Waals surface area (Å²) in [5.74, 6) is 0.0746. The van der Waals surface area contributed by atoms with Gasteiger partial charge in [0.15, 0.2) is 0 Å². The van der Waals surface area contributed by atoms with Crippen LogP contribution in [0, 0.1) is 11.7 Å². The van der Waals surface area contributed by atoms with E-state index in [1.807, 2.05) is 19.1 Å². The molecule has 0 saturated carbocycles. The molecule has 22 heavy (non-hydrogen) atoms. The van der Waals surface area contributed by atoms with Gasteiger partial charge in [0.1, 0.15) is 12.9 Å². The average molecular weight is 306 g/mol. The predicted octanol–water partition coefficient (Wildman–Crippen LogP) is 2.43. The zero-order chi connectivity index (χ0) is 15.7. The summed E-state index contributed by atoms with van der Waals surface area (Å²) in [5, 5.41) is 18.1. The maximum atomic E-state index is 13.2. The fourth-order valence-electron chi connectivity index (χ4n) is 4.07. The molecule has 2 saturated heterocycles. The van der Waals surface area contributed by atoms with Crippen molar-refractivity contribution >= 4 is 5.71 Å². The summed E-state index contributed by atoms with van der Waals surface area (Å²) in [7, 11) is 1.55. The normalized spacial score (nSPS) is 34.7. The topological polar surface area (TPSA) is 53.9 Å². The zero-order valence-corrected chi connectivity index (χ0v) is 13.0. The second-order valence-corrected chi connectivity index (χ2v) is 6.23. The Bertz CT molecular complexity index is 546. The standard InChI is InChI=1S/C17H23FN2O2/c1-3-14(20-22-2)16-13(10-4-6-11(18)7-5-10)8-12-9-15(21)17(16)19-12/h4-7,12-13,15-17,19,21H,3,8-9H2,1-2H3/t12?,13-,15?,16-,17+/m1/s1. The maximum Gasteiger partial charge on any atom is 0.123 e. The molecule has 5 atom stereocenters. The van der Waals surface area contributed by atoms with Crippen molar-refractivity contribution in [1.82, 2.24) is 5.32 Å². The summed E-state index contributed by atoms with van der Waals surface area (Å²) in [6.07, 6.45) is 2.09. The van der Waals surface area contributed by atoms with Crippen molar-refractivity contribution in [2.45, 2.75) is 50.3 Å². The van der Waals surface area contributed by atoms with Crippen LogP contribution < -0.4 is 5.32 Å². The highest BCUT2D eigenvalue weighted by Gasteiger charge is 2.48. The number of nitrogens with zero attached hydrogens (tertiary/aromatic N) is 1. The molecule has 2 aliphatic rings. The van der Waals surface area contributed by atoms with Crippen LogP contribution in [-0.2, 0) is 4.84 Å². The van der Waals surface area contributed by atoms with E-state index >= 15 is 0 Å². The first-order chi connectivity index (χ1) is 10.6. The molecule has 3 rings (SSSR count). The summed E-state index contributed by atoms with van der Waals surface area (Å²) in [6.45, 7) is 2.05. The van der Waals surface area contributed by atoms with E-state index in [9.17, 15) is 9.50 Å². The molecule has 2 heterocycles. The minimum absolute atomic E-state index is 0.0114. The summed E-state index contributed by atoms with van der Waals surface area (Å²) < 4.78 is 13.2. The summed E-state index contributed by atoms with van der Waals surface area (Å²) in [6, 6.07) is 7.01. The van der Waals surface area contributed by atoms with E-state index in [0.29, 0.717) is 6.04 Å². The molecule has 1 aromatic carbocycles. The van der Waals surface area contributed by atoms with E-state index in [2.05, 4.69) is 10.5 Å². The predicted molar refractivity (Wildman–Crippen MR) is 83.3 cm³/mol. The maximum absolute atomic E-state index is 13.2. The fourth-order valence-corrected chi connectivity index (χ4v) is 4.07. The van der Waals surface area contributed by atoms with Crippen molar-refractivity contribution in [3.63, 3.8) is 0 Å². The van der Waals surface area contributed by atoms with E-state index in [-0.39, 0.29) is 29.8 Å². The van der Waals surface area contributed by atoms with Crippen molar-refractivity contribution in [1.29, 1.82) is 0 Å². The van der Waals surface area contributed by atoms with Gasteiger partial charge in [-0.05, 0) is 42.9 Å². The molecule has 1 aromatic rings. The third-order valence-corrected chi connectivity index (χ3v) is 4.98. The second-order valence-electron chi connectivity index (χ2n) is 6.23. The number of rotatable bonds is 4. The number of nitrogens with one attached hydrogen (secondary N) is 1. The Balaban J connectivity index is 1.98. The van der Waals surface area contributed by atoms with Crippen molar-refractivity contribution in [2.75, 3.05) is 7.11 Å². The van der Waals surface area contributed by atoms with E-state index in [0.717, 1.165) is 30.5 Å². The Morgan fingerprint density at radius 3 is 2.73 bits per heavy atom. The van der Waals surface area contributed by atoms with Gasteiger partial charge in [0.2, 0.25) is 0 Å². The number of piperidine rings is 1. The van der Waals surface area contributed by atoms with Crippen LogP contribution in [0.15, 0.2) is 29.4 Å². The number of hydrogen-bond donors (Lipinski definition) is 2. The fraction of sp³-hybridized carbons (Fsp3) is 0.588. The van der Waals surface area contributed by atoms with Gasteiger partial charge in [0.25, 0.3) is 0 Å². The van der Waals surface area contributed by atoms with Gasteiger partial charge in [-0.15, -0.1) is 0 Å². The minimum atomic E-state index is -0.367. The lowest BCUT2D eigenvalue weighted by Crippen LogP contribution is -2.50. The van der Waals surface area contributed by atoms with Gasteiger partial charge in [-0.3, -0.25) is 0 Å². The van der Waals surface area contributed by atoms with Crippen LogP contribution >= 0.6 is 0 Å². The van der Waals surface area contributed by atoms with Gasteiger partial charge in [0, 0.05) is 18.0 Å². The highest BCUT2D eigenvalue weighted by atomic mass is 19.1. The third kappa shape index (κ3) is 2.75. The van der Waals surface area contributed by atoms with Crippen molar-refractivity contribution < 1.29 is 14.3 Å². The first-order valence-electron chi connectivity index (χ1n) is 7.93. The number of benzene rings is 1. The largest absolute Gasteiger partial charge is 0.399 e. The summed E-state index contributed by atoms with van der Waals surface area (Å²) >= 11 is 0. The smallest absolute Gasteiger partial charge is 0.123 e. The molecule has 0 aromatic heterocycles. The molecule has 2 N–H and O–H groups in total. The molecule has 2 unspecified atom stereocenters. The first-order valence-corrected chi connectivity index (χ1v) is 7.93. The van der Waals surface area contributed by atoms with Gasteiger partial charge in [-0.25, -0.2) is 4.39 Å². The van der Waals surface area contributed by atoms with Crippen molar-refractivity contribution in [3.8, 4) is 0 Å². The lowest BCUT2D eigenvalue weighted by molar-refractivity contribution is 0.136. The molecular weight excluding hydrogens is 283 g/mol. The molecule has 5 heteroatoms. The molecular formula is C17H23FN2O2. The Morgan fingerprint density at radius 2 is 2.09 bits per heavy atom. The number of hydrogen-bond acceptors (Lipinski definition) is 4. The quantitative estimate of drug-likeness (QED) is 0.663. The molecule has 2 fully saturated rings.